The summed E-state index contributed by atoms with van der Waals surface area (Å²) in [5.41, 5.74) is 4.07. The lowest BCUT2D eigenvalue weighted by molar-refractivity contribution is -0.120. The lowest BCUT2D eigenvalue weighted by Crippen LogP contribution is -2.27. The molecule has 4 heteroatoms. The molecule has 2 heterocycles. The number of rotatable bonds is 5. The van der Waals surface area contributed by atoms with E-state index in [9.17, 15) is 4.79 Å². The summed E-state index contributed by atoms with van der Waals surface area (Å²) in [6, 6.07) is 14.2. The predicted octanol–water partition coefficient (Wildman–Crippen LogP) is 2.54. The summed E-state index contributed by atoms with van der Waals surface area (Å²) in [6.45, 7) is 2.68. The van der Waals surface area contributed by atoms with Crippen LogP contribution in [-0.2, 0) is 17.6 Å². The van der Waals surface area contributed by atoms with Crippen molar-refractivity contribution in [3.8, 4) is 0 Å². The SMILES string of the molecule is Cc1ccn2cc(CC(=O)NCCc3ccccc3)nc2c1. The van der Waals surface area contributed by atoms with Crippen molar-refractivity contribution in [3.63, 3.8) is 0 Å². The van der Waals surface area contributed by atoms with E-state index in [1.165, 1.54) is 5.56 Å². The van der Waals surface area contributed by atoms with E-state index in [1.54, 1.807) is 0 Å². The Morgan fingerprint density at radius 2 is 2.05 bits per heavy atom. The third-order valence-corrected chi connectivity index (χ3v) is 3.59. The smallest absolute Gasteiger partial charge is 0.226 e. The summed E-state index contributed by atoms with van der Waals surface area (Å²) in [5.74, 6) is 0.0102. The molecular formula is C18H19N3O. The van der Waals surface area contributed by atoms with Gasteiger partial charge in [0.15, 0.2) is 0 Å². The summed E-state index contributed by atoms with van der Waals surface area (Å²) < 4.78 is 1.94. The molecular weight excluding hydrogens is 274 g/mol. The zero-order valence-electron chi connectivity index (χ0n) is 12.6. The molecule has 0 aliphatic heterocycles. The molecule has 0 radical (unpaired) electrons. The highest BCUT2D eigenvalue weighted by atomic mass is 16.1. The molecule has 4 nitrogen and oxygen atoms in total. The highest BCUT2D eigenvalue weighted by molar-refractivity contribution is 5.78. The number of carbonyl (C=O) groups excluding carboxylic acids is 1. The molecule has 0 saturated heterocycles. The molecule has 0 atom stereocenters. The molecule has 112 valence electrons. The van der Waals surface area contributed by atoms with Gasteiger partial charge >= 0.3 is 0 Å². The molecule has 3 rings (SSSR count). The van der Waals surface area contributed by atoms with E-state index in [-0.39, 0.29) is 5.91 Å². The van der Waals surface area contributed by atoms with Crippen LogP contribution >= 0.6 is 0 Å². The number of pyridine rings is 1. The number of aromatic nitrogens is 2. The van der Waals surface area contributed by atoms with E-state index in [0.717, 1.165) is 23.3 Å². The van der Waals surface area contributed by atoms with Crippen molar-refractivity contribution in [3.05, 3.63) is 71.7 Å². The summed E-state index contributed by atoms with van der Waals surface area (Å²) >= 11 is 0. The van der Waals surface area contributed by atoms with Crippen LogP contribution in [0.5, 0.6) is 0 Å². The van der Waals surface area contributed by atoms with Gasteiger partial charge in [-0.25, -0.2) is 4.98 Å². The number of amides is 1. The van der Waals surface area contributed by atoms with Gasteiger partial charge in [0, 0.05) is 18.9 Å². The summed E-state index contributed by atoms with van der Waals surface area (Å²) in [7, 11) is 0. The van der Waals surface area contributed by atoms with E-state index in [4.69, 9.17) is 0 Å². The fourth-order valence-corrected chi connectivity index (χ4v) is 2.44. The van der Waals surface area contributed by atoms with Crippen LogP contribution in [0.25, 0.3) is 5.65 Å². The maximum absolute atomic E-state index is 12.0. The molecule has 0 saturated carbocycles. The normalized spacial score (nSPS) is 10.8. The molecule has 0 spiro atoms. The van der Waals surface area contributed by atoms with Gasteiger partial charge in [-0.1, -0.05) is 30.3 Å². The molecule has 0 fully saturated rings. The molecule has 0 unspecified atom stereocenters. The lowest BCUT2D eigenvalue weighted by Gasteiger charge is -2.04. The summed E-state index contributed by atoms with van der Waals surface area (Å²) in [6.07, 6.45) is 5.03. The van der Waals surface area contributed by atoms with Gasteiger partial charge < -0.3 is 9.72 Å². The monoisotopic (exact) mass is 293 g/mol. The Kier molecular flexibility index (Phi) is 4.19. The Bertz CT molecular complexity index is 777. The van der Waals surface area contributed by atoms with Gasteiger partial charge in [-0.2, -0.15) is 0 Å². The number of imidazole rings is 1. The molecule has 1 amide bonds. The van der Waals surface area contributed by atoms with Crippen molar-refractivity contribution in [2.24, 2.45) is 0 Å². The number of carbonyl (C=O) groups is 1. The van der Waals surface area contributed by atoms with Crippen LogP contribution in [0.15, 0.2) is 54.9 Å². The zero-order chi connectivity index (χ0) is 15.4. The average Bonchev–Trinajstić information content (AvgIpc) is 2.89. The van der Waals surface area contributed by atoms with Gasteiger partial charge in [0.05, 0.1) is 12.1 Å². The molecule has 2 aromatic heterocycles. The van der Waals surface area contributed by atoms with Gasteiger partial charge in [-0.3, -0.25) is 4.79 Å². The minimum absolute atomic E-state index is 0.0102. The molecule has 0 aliphatic carbocycles. The van der Waals surface area contributed by atoms with Crippen LogP contribution in [-0.4, -0.2) is 21.8 Å². The third-order valence-electron chi connectivity index (χ3n) is 3.59. The maximum atomic E-state index is 12.0. The Hall–Kier alpha value is -2.62. The molecule has 3 aromatic rings. The van der Waals surface area contributed by atoms with E-state index < -0.39 is 0 Å². The highest BCUT2D eigenvalue weighted by Crippen LogP contribution is 2.08. The topological polar surface area (TPSA) is 46.4 Å². The molecule has 1 aromatic carbocycles. The van der Waals surface area contributed by atoms with Crippen LogP contribution in [0.3, 0.4) is 0 Å². The highest BCUT2D eigenvalue weighted by Gasteiger charge is 2.07. The fourth-order valence-electron chi connectivity index (χ4n) is 2.44. The first-order chi connectivity index (χ1) is 10.7. The number of benzene rings is 1. The van der Waals surface area contributed by atoms with Gasteiger partial charge in [-0.15, -0.1) is 0 Å². The molecule has 0 aliphatic rings. The first-order valence-corrected chi connectivity index (χ1v) is 7.45. The van der Waals surface area contributed by atoms with Gasteiger partial charge in [0.2, 0.25) is 5.91 Å². The van der Waals surface area contributed by atoms with E-state index in [0.29, 0.717) is 13.0 Å². The second kappa shape index (κ2) is 6.43. The molecule has 22 heavy (non-hydrogen) atoms. The van der Waals surface area contributed by atoms with Crippen molar-refractivity contribution in [1.29, 1.82) is 0 Å². The van der Waals surface area contributed by atoms with Gasteiger partial charge in [0.25, 0.3) is 0 Å². The second-order valence-electron chi connectivity index (χ2n) is 5.46. The number of nitrogens with zero attached hydrogens (tertiary/aromatic N) is 2. The number of aryl methyl sites for hydroxylation is 1. The van der Waals surface area contributed by atoms with Crippen molar-refractivity contribution < 1.29 is 4.79 Å². The lowest BCUT2D eigenvalue weighted by atomic mass is 10.1. The van der Waals surface area contributed by atoms with Crippen LogP contribution < -0.4 is 5.32 Å². The second-order valence-corrected chi connectivity index (χ2v) is 5.46. The number of nitrogens with one attached hydrogen (secondary N) is 1. The number of fused-ring (bicyclic) bond motifs is 1. The van der Waals surface area contributed by atoms with Crippen LogP contribution in [0.2, 0.25) is 0 Å². The van der Waals surface area contributed by atoms with Crippen molar-refractivity contribution in [1.82, 2.24) is 14.7 Å². The Labute approximate surface area is 129 Å². The van der Waals surface area contributed by atoms with E-state index >= 15 is 0 Å². The first kappa shape index (κ1) is 14.3. The molecule has 1 N–H and O–H groups in total. The van der Waals surface area contributed by atoms with Crippen LogP contribution in [0, 0.1) is 6.92 Å². The van der Waals surface area contributed by atoms with Crippen LogP contribution in [0.1, 0.15) is 16.8 Å². The summed E-state index contributed by atoms with van der Waals surface area (Å²) in [5, 5.41) is 2.95. The van der Waals surface area contributed by atoms with Crippen molar-refractivity contribution in [2.45, 2.75) is 19.8 Å². The zero-order valence-corrected chi connectivity index (χ0v) is 12.6. The predicted molar refractivity (Wildman–Crippen MR) is 86.8 cm³/mol. The average molecular weight is 293 g/mol. The minimum Gasteiger partial charge on any atom is -0.355 e. The fraction of sp³-hybridized carbons (Fsp3) is 0.222. The number of hydrogen-bond acceptors (Lipinski definition) is 2. The third kappa shape index (κ3) is 3.52. The largest absolute Gasteiger partial charge is 0.355 e. The Morgan fingerprint density at radius 3 is 2.86 bits per heavy atom. The minimum atomic E-state index is 0.0102. The Balaban J connectivity index is 1.54. The van der Waals surface area contributed by atoms with Gasteiger partial charge in [-0.05, 0) is 36.6 Å². The number of hydrogen-bond donors (Lipinski definition) is 1. The van der Waals surface area contributed by atoms with Crippen molar-refractivity contribution in [2.75, 3.05) is 6.54 Å². The first-order valence-electron chi connectivity index (χ1n) is 7.45. The molecule has 0 bridgehead atoms. The quantitative estimate of drug-likeness (QED) is 0.786. The van der Waals surface area contributed by atoms with E-state index in [1.807, 2.05) is 54.0 Å². The standard InChI is InChI=1S/C18H19N3O/c1-14-8-10-21-13-16(20-17(21)11-14)12-18(22)19-9-7-15-5-3-2-4-6-15/h2-6,8,10-11,13H,7,9,12H2,1H3,(H,19,22). The van der Waals surface area contributed by atoms with Gasteiger partial charge in [0.1, 0.15) is 5.65 Å². The summed E-state index contributed by atoms with van der Waals surface area (Å²) in [4.78, 5) is 16.5. The Morgan fingerprint density at radius 1 is 1.23 bits per heavy atom. The van der Waals surface area contributed by atoms with Crippen LogP contribution in [0.4, 0.5) is 0 Å². The van der Waals surface area contributed by atoms with Crippen molar-refractivity contribution >= 4 is 11.6 Å². The maximum Gasteiger partial charge on any atom is 0.226 e. The van der Waals surface area contributed by atoms with E-state index in [2.05, 4.69) is 22.4 Å².